The van der Waals surface area contributed by atoms with Gasteiger partial charge in [-0.3, -0.25) is 9.59 Å². The first-order valence-electron chi connectivity index (χ1n) is 6.94. The average molecular weight is 294 g/mol. The molecule has 0 aliphatic rings. The lowest BCUT2D eigenvalue weighted by Gasteiger charge is -2.07. The lowest BCUT2D eigenvalue weighted by molar-refractivity contribution is -0.139. The molecule has 0 unspecified atom stereocenters. The highest BCUT2D eigenvalue weighted by molar-refractivity contribution is 6.35. The zero-order valence-electron chi connectivity index (χ0n) is 12.5. The Bertz CT molecular complexity index is 463. The van der Waals surface area contributed by atoms with Crippen LogP contribution in [0.1, 0.15) is 18.9 Å². The molecule has 0 aliphatic carbocycles. The summed E-state index contributed by atoms with van der Waals surface area (Å²) < 4.78 is 10.2. The van der Waals surface area contributed by atoms with Crippen molar-refractivity contribution in [2.75, 3.05) is 26.9 Å². The predicted molar refractivity (Wildman–Crippen MR) is 79.0 cm³/mol. The van der Waals surface area contributed by atoms with Crippen LogP contribution in [0.4, 0.5) is 0 Å². The van der Waals surface area contributed by atoms with Gasteiger partial charge in [0.2, 0.25) is 0 Å². The van der Waals surface area contributed by atoms with Crippen LogP contribution in [0, 0.1) is 0 Å². The maximum absolute atomic E-state index is 11.6. The second kappa shape index (κ2) is 9.77. The van der Waals surface area contributed by atoms with Crippen LogP contribution in [-0.4, -0.2) is 38.7 Å². The van der Waals surface area contributed by atoms with Gasteiger partial charge in [-0.15, -0.1) is 0 Å². The number of methoxy groups -OCH3 is 1. The van der Waals surface area contributed by atoms with Gasteiger partial charge in [0.25, 0.3) is 0 Å². The number of carbonyl (C=O) groups is 2. The fraction of sp³-hybridized carbons (Fsp3) is 0.467. The van der Waals surface area contributed by atoms with Crippen molar-refractivity contribution in [3.05, 3.63) is 29.8 Å². The molecule has 21 heavy (non-hydrogen) atoms. The molecule has 0 aromatic heterocycles. The summed E-state index contributed by atoms with van der Waals surface area (Å²) in [4.78, 5) is 23.1. The Kier molecular flexibility index (Phi) is 7.89. The molecule has 0 aliphatic heterocycles. The normalized spacial score (nSPS) is 10.0. The van der Waals surface area contributed by atoms with Crippen LogP contribution >= 0.6 is 0 Å². The molecule has 0 spiro atoms. The van der Waals surface area contributed by atoms with Crippen LogP contribution in [0.25, 0.3) is 0 Å². The van der Waals surface area contributed by atoms with Gasteiger partial charge in [0.15, 0.2) is 0 Å². The van der Waals surface area contributed by atoms with E-state index in [9.17, 15) is 9.59 Å². The van der Waals surface area contributed by atoms with Crippen molar-refractivity contribution in [1.29, 1.82) is 0 Å². The van der Waals surface area contributed by atoms with Crippen LogP contribution < -0.4 is 15.4 Å². The third-order valence-corrected chi connectivity index (χ3v) is 2.75. The van der Waals surface area contributed by atoms with E-state index < -0.39 is 11.8 Å². The molecular weight excluding hydrogens is 272 g/mol. The highest BCUT2D eigenvalue weighted by Crippen LogP contribution is 2.11. The fourth-order valence-electron chi connectivity index (χ4n) is 1.65. The van der Waals surface area contributed by atoms with Crippen molar-refractivity contribution in [3.8, 4) is 5.75 Å². The second-order valence-electron chi connectivity index (χ2n) is 4.34. The summed E-state index contributed by atoms with van der Waals surface area (Å²) in [5, 5.41) is 5.11. The Morgan fingerprint density at radius 1 is 1.19 bits per heavy atom. The third kappa shape index (κ3) is 6.76. The van der Waals surface area contributed by atoms with E-state index in [0.717, 1.165) is 5.56 Å². The van der Waals surface area contributed by atoms with Crippen molar-refractivity contribution >= 4 is 11.8 Å². The van der Waals surface area contributed by atoms with E-state index in [1.165, 1.54) is 0 Å². The number of ether oxygens (including phenoxy) is 2. The molecule has 0 atom stereocenters. The Morgan fingerprint density at radius 3 is 2.67 bits per heavy atom. The fourth-order valence-corrected chi connectivity index (χ4v) is 1.65. The first kappa shape index (κ1) is 17.0. The minimum atomic E-state index is -0.644. The number of nitrogens with one attached hydrogen (secondary N) is 2. The molecule has 0 heterocycles. The number of amides is 2. The van der Waals surface area contributed by atoms with Gasteiger partial charge < -0.3 is 20.1 Å². The summed E-state index contributed by atoms with van der Waals surface area (Å²) >= 11 is 0. The number of benzene rings is 1. The van der Waals surface area contributed by atoms with Gasteiger partial charge in [-0.25, -0.2) is 0 Å². The number of hydrogen-bond acceptors (Lipinski definition) is 4. The van der Waals surface area contributed by atoms with Crippen molar-refractivity contribution < 1.29 is 19.1 Å². The van der Waals surface area contributed by atoms with Crippen LogP contribution in [0.15, 0.2) is 24.3 Å². The first-order chi connectivity index (χ1) is 10.2. The van der Waals surface area contributed by atoms with Crippen LogP contribution in [-0.2, 0) is 20.9 Å². The summed E-state index contributed by atoms with van der Waals surface area (Å²) in [7, 11) is 1.58. The Hall–Kier alpha value is -2.08. The zero-order chi connectivity index (χ0) is 15.5. The van der Waals surface area contributed by atoms with Crippen LogP contribution in [0.2, 0.25) is 0 Å². The molecule has 0 radical (unpaired) electrons. The van der Waals surface area contributed by atoms with E-state index >= 15 is 0 Å². The van der Waals surface area contributed by atoms with Crippen molar-refractivity contribution in [2.24, 2.45) is 0 Å². The van der Waals surface area contributed by atoms with E-state index in [1.807, 2.05) is 25.1 Å². The summed E-state index contributed by atoms with van der Waals surface area (Å²) in [6.45, 7) is 3.83. The van der Waals surface area contributed by atoms with E-state index in [1.54, 1.807) is 13.2 Å². The van der Waals surface area contributed by atoms with Gasteiger partial charge >= 0.3 is 11.8 Å². The van der Waals surface area contributed by atoms with Gasteiger partial charge in [-0.2, -0.15) is 0 Å². The van der Waals surface area contributed by atoms with E-state index in [-0.39, 0.29) is 6.54 Å². The van der Waals surface area contributed by atoms with E-state index in [0.29, 0.717) is 31.9 Å². The molecule has 6 nitrogen and oxygen atoms in total. The highest BCUT2D eigenvalue weighted by atomic mass is 16.5. The molecule has 0 bridgehead atoms. The standard InChI is InChI=1S/C15H22N2O4/c1-3-21-9-5-8-16-14(18)15(19)17-11-12-6-4-7-13(10-12)20-2/h4,6-7,10H,3,5,8-9,11H2,1-2H3,(H,16,18)(H,17,19). The Labute approximate surface area is 124 Å². The number of rotatable bonds is 8. The van der Waals surface area contributed by atoms with E-state index in [4.69, 9.17) is 9.47 Å². The summed E-state index contributed by atoms with van der Waals surface area (Å²) in [5.74, 6) is -0.564. The van der Waals surface area contributed by atoms with E-state index in [2.05, 4.69) is 10.6 Å². The Balaban J connectivity index is 2.27. The highest BCUT2D eigenvalue weighted by Gasteiger charge is 2.12. The largest absolute Gasteiger partial charge is 0.497 e. The zero-order valence-corrected chi connectivity index (χ0v) is 12.5. The minimum absolute atomic E-state index is 0.280. The maximum Gasteiger partial charge on any atom is 0.309 e. The van der Waals surface area contributed by atoms with Crippen molar-refractivity contribution in [3.63, 3.8) is 0 Å². The van der Waals surface area contributed by atoms with Crippen LogP contribution in [0.5, 0.6) is 5.75 Å². The molecule has 0 saturated carbocycles. The van der Waals surface area contributed by atoms with Crippen molar-refractivity contribution in [2.45, 2.75) is 19.9 Å². The van der Waals surface area contributed by atoms with Gasteiger partial charge in [-0.05, 0) is 31.0 Å². The summed E-state index contributed by atoms with van der Waals surface area (Å²) in [6, 6.07) is 7.30. The molecular formula is C15H22N2O4. The maximum atomic E-state index is 11.6. The van der Waals surface area contributed by atoms with Gasteiger partial charge in [0.05, 0.1) is 7.11 Å². The quantitative estimate of drug-likeness (QED) is 0.550. The number of carbonyl (C=O) groups excluding carboxylic acids is 2. The molecule has 0 fully saturated rings. The smallest absolute Gasteiger partial charge is 0.309 e. The molecule has 1 aromatic rings. The molecule has 6 heteroatoms. The molecule has 2 amide bonds. The summed E-state index contributed by atoms with van der Waals surface area (Å²) in [6.07, 6.45) is 0.683. The molecule has 1 rings (SSSR count). The van der Waals surface area contributed by atoms with Crippen LogP contribution in [0.3, 0.4) is 0 Å². The number of hydrogen-bond donors (Lipinski definition) is 2. The first-order valence-corrected chi connectivity index (χ1v) is 6.94. The van der Waals surface area contributed by atoms with Crippen molar-refractivity contribution in [1.82, 2.24) is 10.6 Å². The van der Waals surface area contributed by atoms with Gasteiger partial charge in [0.1, 0.15) is 5.75 Å². The van der Waals surface area contributed by atoms with Gasteiger partial charge in [0, 0.05) is 26.3 Å². The molecule has 2 N–H and O–H groups in total. The topological polar surface area (TPSA) is 76.7 Å². The second-order valence-corrected chi connectivity index (χ2v) is 4.34. The molecule has 1 aromatic carbocycles. The van der Waals surface area contributed by atoms with Gasteiger partial charge in [-0.1, -0.05) is 12.1 Å². The lowest BCUT2D eigenvalue weighted by Crippen LogP contribution is -2.40. The molecule has 0 saturated heterocycles. The predicted octanol–water partition coefficient (Wildman–Crippen LogP) is 0.854. The monoisotopic (exact) mass is 294 g/mol. The summed E-state index contributed by atoms with van der Waals surface area (Å²) in [5.41, 5.74) is 0.867. The molecule has 116 valence electrons. The lowest BCUT2D eigenvalue weighted by atomic mass is 10.2. The third-order valence-electron chi connectivity index (χ3n) is 2.75. The minimum Gasteiger partial charge on any atom is -0.497 e. The SMILES string of the molecule is CCOCCCNC(=O)C(=O)NCc1cccc(OC)c1. The Morgan fingerprint density at radius 2 is 1.95 bits per heavy atom. The average Bonchev–Trinajstić information content (AvgIpc) is 2.52.